The Morgan fingerprint density at radius 1 is 1.26 bits per heavy atom. The highest BCUT2D eigenvalue weighted by Crippen LogP contribution is 2.17. The Morgan fingerprint density at radius 2 is 2.05 bits per heavy atom. The summed E-state index contributed by atoms with van der Waals surface area (Å²) >= 11 is 0. The van der Waals surface area contributed by atoms with Crippen molar-refractivity contribution in [2.45, 2.75) is 19.9 Å². The SMILES string of the molecule is CCNc1ccccc1C(=O)NC(C)c1ccco1. The molecular weight excluding hydrogens is 240 g/mol. The third kappa shape index (κ3) is 3.16. The molecule has 0 fully saturated rings. The lowest BCUT2D eigenvalue weighted by atomic mass is 10.1. The summed E-state index contributed by atoms with van der Waals surface area (Å²) in [5.74, 6) is 0.634. The van der Waals surface area contributed by atoms with Crippen molar-refractivity contribution in [1.29, 1.82) is 0 Å². The number of benzene rings is 1. The molecule has 0 spiro atoms. The Labute approximate surface area is 112 Å². The van der Waals surface area contributed by atoms with Crippen LogP contribution in [0, 0.1) is 0 Å². The number of rotatable bonds is 5. The fraction of sp³-hybridized carbons (Fsp3) is 0.267. The second kappa shape index (κ2) is 6.09. The lowest BCUT2D eigenvalue weighted by Crippen LogP contribution is -2.27. The van der Waals surface area contributed by atoms with Crippen molar-refractivity contribution in [3.63, 3.8) is 0 Å². The Morgan fingerprint density at radius 3 is 2.74 bits per heavy atom. The standard InChI is InChI=1S/C15H18N2O2/c1-3-16-13-8-5-4-7-12(13)15(18)17-11(2)14-9-6-10-19-14/h4-11,16H,3H2,1-2H3,(H,17,18). The maximum Gasteiger partial charge on any atom is 0.253 e. The summed E-state index contributed by atoms with van der Waals surface area (Å²) in [5.41, 5.74) is 1.48. The average Bonchev–Trinajstić information content (AvgIpc) is 2.93. The number of hydrogen-bond acceptors (Lipinski definition) is 3. The van der Waals surface area contributed by atoms with Crippen molar-refractivity contribution in [3.8, 4) is 0 Å². The Hall–Kier alpha value is -2.23. The van der Waals surface area contributed by atoms with Crippen LogP contribution >= 0.6 is 0 Å². The second-order valence-corrected chi connectivity index (χ2v) is 4.29. The molecule has 2 rings (SSSR count). The molecule has 1 aromatic carbocycles. The summed E-state index contributed by atoms with van der Waals surface area (Å²) in [5, 5.41) is 6.11. The first-order valence-corrected chi connectivity index (χ1v) is 6.39. The molecule has 1 unspecified atom stereocenters. The van der Waals surface area contributed by atoms with E-state index < -0.39 is 0 Å². The van der Waals surface area contributed by atoms with E-state index in [1.165, 1.54) is 0 Å². The third-order valence-corrected chi connectivity index (χ3v) is 2.86. The molecule has 2 N–H and O–H groups in total. The van der Waals surface area contributed by atoms with Crippen LogP contribution in [-0.4, -0.2) is 12.5 Å². The molecular formula is C15H18N2O2. The van der Waals surface area contributed by atoms with Crippen LogP contribution in [0.2, 0.25) is 0 Å². The number of amides is 1. The Bertz CT molecular complexity index is 535. The molecule has 2 aromatic rings. The van der Waals surface area contributed by atoms with Crippen molar-refractivity contribution in [2.75, 3.05) is 11.9 Å². The van der Waals surface area contributed by atoms with Crippen molar-refractivity contribution in [2.24, 2.45) is 0 Å². The fourth-order valence-corrected chi connectivity index (χ4v) is 1.91. The van der Waals surface area contributed by atoms with E-state index >= 15 is 0 Å². The fourth-order valence-electron chi connectivity index (χ4n) is 1.91. The van der Waals surface area contributed by atoms with Gasteiger partial charge in [-0.3, -0.25) is 4.79 Å². The molecule has 1 aromatic heterocycles. The number of furan rings is 1. The van der Waals surface area contributed by atoms with Gasteiger partial charge in [0.15, 0.2) is 0 Å². The van der Waals surface area contributed by atoms with Gasteiger partial charge >= 0.3 is 0 Å². The first-order chi connectivity index (χ1) is 9.22. The highest BCUT2D eigenvalue weighted by atomic mass is 16.3. The molecule has 0 aliphatic carbocycles. The second-order valence-electron chi connectivity index (χ2n) is 4.29. The lowest BCUT2D eigenvalue weighted by molar-refractivity contribution is 0.0936. The van der Waals surface area contributed by atoms with Gasteiger partial charge in [-0.2, -0.15) is 0 Å². The van der Waals surface area contributed by atoms with Gasteiger partial charge in [-0.1, -0.05) is 12.1 Å². The van der Waals surface area contributed by atoms with Crippen molar-refractivity contribution < 1.29 is 9.21 Å². The lowest BCUT2D eigenvalue weighted by Gasteiger charge is -2.14. The molecule has 1 atom stereocenters. The summed E-state index contributed by atoms with van der Waals surface area (Å²) in [7, 11) is 0. The number of carbonyl (C=O) groups is 1. The zero-order chi connectivity index (χ0) is 13.7. The summed E-state index contributed by atoms with van der Waals surface area (Å²) < 4.78 is 5.28. The molecule has 0 bridgehead atoms. The van der Waals surface area contributed by atoms with E-state index in [0.29, 0.717) is 5.56 Å². The number of anilines is 1. The predicted molar refractivity (Wildman–Crippen MR) is 75.2 cm³/mol. The molecule has 1 heterocycles. The average molecular weight is 258 g/mol. The van der Waals surface area contributed by atoms with Crippen LogP contribution in [0.25, 0.3) is 0 Å². The van der Waals surface area contributed by atoms with Crippen molar-refractivity contribution in [3.05, 3.63) is 54.0 Å². The minimum atomic E-state index is -0.155. The molecule has 4 nitrogen and oxygen atoms in total. The van der Waals surface area contributed by atoms with Crippen LogP contribution in [-0.2, 0) is 0 Å². The number of hydrogen-bond donors (Lipinski definition) is 2. The molecule has 1 amide bonds. The highest BCUT2D eigenvalue weighted by molar-refractivity contribution is 5.99. The molecule has 0 saturated heterocycles. The van der Waals surface area contributed by atoms with Gasteiger partial charge in [0.2, 0.25) is 0 Å². The third-order valence-electron chi connectivity index (χ3n) is 2.86. The largest absolute Gasteiger partial charge is 0.467 e. The van der Waals surface area contributed by atoms with Gasteiger partial charge in [-0.25, -0.2) is 0 Å². The maximum atomic E-state index is 12.3. The van der Waals surface area contributed by atoms with E-state index in [-0.39, 0.29) is 11.9 Å². The predicted octanol–water partition coefficient (Wildman–Crippen LogP) is 3.20. The van der Waals surface area contributed by atoms with Crippen LogP contribution < -0.4 is 10.6 Å². The number of para-hydroxylation sites is 1. The van der Waals surface area contributed by atoms with Crippen LogP contribution in [0.1, 0.15) is 36.0 Å². The molecule has 0 radical (unpaired) electrons. The summed E-state index contributed by atoms with van der Waals surface area (Å²) in [6.45, 7) is 4.67. The van der Waals surface area contributed by atoms with Gasteiger partial charge in [0.05, 0.1) is 17.9 Å². The van der Waals surface area contributed by atoms with E-state index in [2.05, 4.69) is 10.6 Å². The van der Waals surface area contributed by atoms with E-state index in [4.69, 9.17) is 4.42 Å². The van der Waals surface area contributed by atoms with Crippen molar-refractivity contribution in [1.82, 2.24) is 5.32 Å². The van der Waals surface area contributed by atoms with E-state index in [1.54, 1.807) is 6.26 Å². The van der Waals surface area contributed by atoms with E-state index in [9.17, 15) is 4.79 Å². The normalized spacial score (nSPS) is 11.9. The Kier molecular flexibility index (Phi) is 4.23. The van der Waals surface area contributed by atoms with Gasteiger partial charge in [0.1, 0.15) is 5.76 Å². The summed E-state index contributed by atoms with van der Waals surface area (Å²) in [6.07, 6.45) is 1.60. The maximum absolute atomic E-state index is 12.3. The quantitative estimate of drug-likeness (QED) is 0.866. The van der Waals surface area contributed by atoms with Crippen LogP contribution in [0.3, 0.4) is 0 Å². The monoisotopic (exact) mass is 258 g/mol. The molecule has 0 aliphatic rings. The van der Waals surface area contributed by atoms with Crippen LogP contribution in [0.4, 0.5) is 5.69 Å². The zero-order valence-corrected chi connectivity index (χ0v) is 11.1. The molecule has 0 aliphatic heterocycles. The zero-order valence-electron chi connectivity index (χ0n) is 11.1. The van der Waals surface area contributed by atoms with Gasteiger partial charge in [-0.05, 0) is 38.1 Å². The minimum absolute atomic E-state index is 0.111. The van der Waals surface area contributed by atoms with Gasteiger partial charge < -0.3 is 15.1 Å². The van der Waals surface area contributed by atoms with Crippen LogP contribution in [0.15, 0.2) is 47.1 Å². The first kappa shape index (κ1) is 13.2. The molecule has 4 heteroatoms. The van der Waals surface area contributed by atoms with E-state index in [0.717, 1.165) is 18.0 Å². The van der Waals surface area contributed by atoms with Gasteiger partial charge in [0.25, 0.3) is 5.91 Å². The van der Waals surface area contributed by atoms with E-state index in [1.807, 2.05) is 50.2 Å². The Balaban J connectivity index is 2.11. The number of nitrogens with one attached hydrogen (secondary N) is 2. The molecule has 19 heavy (non-hydrogen) atoms. The minimum Gasteiger partial charge on any atom is -0.467 e. The van der Waals surface area contributed by atoms with Crippen molar-refractivity contribution >= 4 is 11.6 Å². The summed E-state index contributed by atoms with van der Waals surface area (Å²) in [6, 6.07) is 11.0. The van der Waals surface area contributed by atoms with Gasteiger partial charge in [-0.15, -0.1) is 0 Å². The smallest absolute Gasteiger partial charge is 0.253 e. The number of carbonyl (C=O) groups excluding carboxylic acids is 1. The molecule has 0 saturated carbocycles. The molecule has 100 valence electrons. The van der Waals surface area contributed by atoms with Crippen LogP contribution in [0.5, 0.6) is 0 Å². The topological polar surface area (TPSA) is 54.3 Å². The summed E-state index contributed by atoms with van der Waals surface area (Å²) in [4.78, 5) is 12.3. The van der Waals surface area contributed by atoms with Gasteiger partial charge in [0, 0.05) is 12.2 Å². The first-order valence-electron chi connectivity index (χ1n) is 6.39. The highest BCUT2D eigenvalue weighted by Gasteiger charge is 2.15.